The first-order valence-corrected chi connectivity index (χ1v) is 8.12. The molecule has 25 heavy (non-hydrogen) atoms. The third-order valence-electron chi connectivity index (χ3n) is 3.33. The van der Waals surface area contributed by atoms with Gasteiger partial charge in [0.15, 0.2) is 5.96 Å². The van der Waals surface area contributed by atoms with E-state index in [0.717, 1.165) is 21.5 Å². The molecular weight excluding hydrogens is 501 g/mol. The number of hydrogen-bond acceptors (Lipinski definition) is 4. The number of carbonyl (C=O) groups is 1. The summed E-state index contributed by atoms with van der Waals surface area (Å²) in [7, 11) is 3.45. The van der Waals surface area contributed by atoms with Crippen molar-refractivity contribution in [2.75, 3.05) is 18.9 Å². The van der Waals surface area contributed by atoms with Crippen LogP contribution in [0.3, 0.4) is 0 Å². The zero-order valence-electron chi connectivity index (χ0n) is 14.2. The predicted molar refractivity (Wildman–Crippen MR) is 112 cm³/mol. The van der Waals surface area contributed by atoms with Crippen molar-refractivity contribution in [1.82, 2.24) is 25.4 Å². The summed E-state index contributed by atoms with van der Waals surface area (Å²) in [6.07, 6.45) is 1.49. The van der Waals surface area contributed by atoms with E-state index >= 15 is 0 Å². The van der Waals surface area contributed by atoms with Gasteiger partial charge in [0.25, 0.3) is 0 Å². The molecule has 3 N–H and O–H groups in total. The van der Waals surface area contributed by atoms with Crippen molar-refractivity contribution in [2.24, 2.45) is 12.0 Å². The van der Waals surface area contributed by atoms with E-state index in [0.29, 0.717) is 12.5 Å². The molecule has 2 aromatic rings. The topological polar surface area (TPSA) is 96.2 Å². The third-order valence-corrected chi connectivity index (χ3v) is 3.83. The lowest BCUT2D eigenvalue weighted by molar-refractivity contribution is -0.115. The molecule has 0 spiro atoms. The van der Waals surface area contributed by atoms with Crippen LogP contribution in [0.1, 0.15) is 11.4 Å². The van der Waals surface area contributed by atoms with Crippen molar-refractivity contribution in [3.05, 3.63) is 40.4 Å². The zero-order valence-corrected chi connectivity index (χ0v) is 18.1. The summed E-state index contributed by atoms with van der Waals surface area (Å²) in [5.41, 5.74) is 1.77. The molecule has 8 nitrogen and oxygen atoms in total. The van der Waals surface area contributed by atoms with Crippen LogP contribution < -0.4 is 16.0 Å². The molecule has 0 atom stereocenters. The molecule has 1 amide bonds. The molecule has 0 saturated carbocycles. The first-order chi connectivity index (χ1) is 11.5. The number of anilines is 1. The molecule has 1 aromatic heterocycles. The Morgan fingerprint density at radius 3 is 2.76 bits per heavy atom. The van der Waals surface area contributed by atoms with Crippen molar-refractivity contribution >= 4 is 57.5 Å². The summed E-state index contributed by atoms with van der Waals surface area (Å²) in [6.45, 7) is 2.50. The van der Waals surface area contributed by atoms with E-state index in [4.69, 9.17) is 0 Å². The van der Waals surface area contributed by atoms with Crippen LogP contribution in [0.2, 0.25) is 0 Å². The van der Waals surface area contributed by atoms with Crippen LogP contribution in [-0.4, -0.2) is 40.2 Å². The number of nitrogens with one attached hydrogen (secondary N) is 3. The Labute approximate surface area is 172 Å². The number of rotatable bonds is 5. The second kappa shape index (κ2) is 10.3. The minimum Gasteiger partial charge on any atom is -0.349 e. The van der Waals surface area contributed by atoms with Crippen LogP contribution in [0, 0.1) is 6.92 Å². The van der Waals surface area contributed by atoms with Gasteiger partial charge in [-0.05, 0) is 24.6 Å². The van der Waals surface area contributed by atoms with Gasteiger partial charge >= 0.3 is 0 Å². The van der Waals surface area contributed by atoms with Crippen molar-refractivity contribution in [1.29, 1.82) is 0 Å². The van der Waals surface area contributed by atoms with Crippen molar-refractivity contribution < 1.29 is 4.79 Å². The highest BCUT2D eigenvalue weighted by molar-refractivity contribution is 14.0. The Bertz CT molecular complexity index is 747. The molecule has 0 saturated heterocycles. The van der Waals surface area contributed by atoms with Crippen molar-refractivity contribution in [3.63, 3.8) is 0 Å². The highest BCUT2D eigenvalue weighted by Crippen LogP contribution is 2.20. The number of hydrogen-bond donors (Lipinski definition) is 3. The minimum atomic E-state index is -0.155. The average Bonchev–Trinajstić information content (AvgIpc) is 2.96. The van der Waals surface area contributed by atoms with Crippen LogP contribution in [0.4, 0.5) is 5.69 Å². The van der Waals surface area contributed by atoms with Crippen LogP contribution in [0.15, 0.2) is 34.0 Å². The Balaban J connectivity index is 0.00000312. The molecule has 0 aliphatic carbocycles. The first-order valence-electron chi connectivity index (χ1n) is 7.33. The first kappa shape index (κ1) is 21.4. The number of aliphatic imine (C=N–C) groups is 1. The molecule has 0 radical (unpaired) electrons. The zero-order chi connectivity index (χ0) is 17.5. The molecule has 136 valence electrons. The van der Waals surface area contributed by atoms with E-state index in [1.807, 2.05) is 32.2 Å². The molecule has 0 aliphatic rings. The van der Waals surface area contributed by atoms with Gasteiger partial charge in [-0.25, -0.2) is 4.98 Å². The fraction of sp³-hybridized carbons (Fsp3) is 0.333. The van der Waals surface area contributed by atoms with E-state index in [9.17, 15) is 4.79 Å². The van der Waals surface area contributed by atoms with Gasteiger partial charge in [0.2, 0.25) is 5.91 Å². The number of benzene rings is 1. The number of carbonyl (C=O) groups excluding carboxylic acids is 1. The SMILES string of the molecule is CN=C(NCC(=O)Nc1cc(Br)ccc1C)NCc1ncnn1C.I. The second-order valence-electron chi connectivity index (χ2n) is 5.09. The summed E-state index contributed by atoms with van der Waals surface area (Å²) in [5.74, 6) is 1.13. The molecule has 0 bridgehead atoms. The molecule has 0 fully saturated rings. The van der Waals surface area contributed by atoms with E-state index in [1.165, 1.54) is 6.33 Å². The molecule has 1 heterocycles. The Morgan fingerprint density at radius 2 is 2.12 bits per heavy atom. The van der Waals surface area contributed by atoms with Gasteiger partial charge in [0.05, 0.1) is 13.1 Å². The van der Waals surface area contributed by atoms with E-state index < -0.39 is 0 Å². The fourth-order valence-corrected chi connectivity index (χ4v) is 2.31. The number of nitrogens with zero attached hydrogens (tertiary/aromatic N) is 4. The van der Waals surface area contributed by atoms with Crippen molar-refractivity contribution in [2.45, 2.75) is 13.5 Å². The van der Waals surface area contributed by atoms with Crippen LogP contribution in [0.5, 0.6) is 0 Å². The molecule has 0 aliphatic heterocycles. The summed E-state index contributed by atoms with van der Waals surface area (Å²) < 4.78 is 2.58. The molecule has 10 heteroatoms. The van der Waals surface area contributed by atoms with Gasteiger partial charge in [-0.2, -0.15) is 5.10 Å². The Morgan fingerprint density at radius 1 is 1.36 bits per heavy atom. The second-order valence-corrected chi connectivity index (χ2v) is 6.00. The number of aromatic nitrogens is 3. The van der Waals surface area contributed by atoms with Crippen LogP contribution >= 0.6 is 39.9 Å². The highest BCUT2D eigenvalue weighted by Gasteiger charge is 2.07. The number of aryl methyl sites for hydroxylation is 2. The van der Waals surface area contributed by atoms with Gasteiger partial charge in [-0.15, -0.1) is 24.0 Å². The number of amides is 1. The highest BCUT2D eigenvalue weighted by atomic mass is 127. The maximum Gasteiger partial charge on any atom is 0.243 e. The van der Waals surface area contributed by atoms with Gasteiger partial charge in [0, 0.05) is 24.3 Å². The lowest BCUT2D eigenvalue weighted by atomic mass is 10.2. The minimum absolute atomic E-state index is 0. The maximum absolute atomic E-state index is 12.1. The monoisotopic (exact) mass is 521 g/mol. The smallest absolute Gasteiger partial charge is 0.243 e. The van der Waals surface area contributed by atoms with Crippen molar-refractivity contribution in [3.8, 4) is 0 Å². The summed E-state index contributed by atoms with van der Waals surface area (Å²) >= 11 is 3.40. The normalized spacial score (nSPS) is 10.8. The fourth-order valence-electron chi connectivity index (χ4n) is 1.95. The Hall–Kier alpha value is -1.69. The molecule has 0 unspecified atom stereocenters. The lowest BCUT2D eigenvalue weighted by Gasteiger charge is -2.12. The lowest BCUT2D eigenvalue weighted by Crippen LogP contribution is -2.41. The van der Waals surface area contributed by atoms with Gasteiger partial charge in [-0.1, -0.05) is 22.0 Å². The summed E-state index contributed by atoms with van der Waals surface area (Å²) in [6, 6.07) is 5.74. The maximum atomic E-state index is 12.1. The average molecular weight is 522 g/mol. The summed E-state index contributed by atoms with van der Waals surface area (Å²) in [5, 5.41) is 12.9. The van der Waals surface area contributed by atoms with Gasteiger partial charge in [0.1, 0.15) is 12.2 Å². The predicted octanol–water partition coefficient (Wildman–Crippen LogP) is 1.81. The summed E-state index contributed by atoms with van der Waals surface area (Å²) in [4.78, 5) is 20.3. The Kier molecular flexibility index (Phi) is 8.83. The van der Waals surface area contributed by atoms with E-state index in [-0.39, 0.29) is 36.4 Å². The van der Waals surface area contributed by atoms with E-state index in [1.54, 1.807) is 11.7 Å². The third kappa shape index (κ3) is 6.61. The van der Waals surface area contributed by atoms with Gasteiger partial charge in [-0.3, -0.25) is 14.5 Å². The van der Waals surface area contributed by atoms with Gasteiger partial charge < -0.3 is 16.0 Å². The molecular formula is C15H21BrIN7O. The quantitative estimate of drug-likeness (QED) is 0.317. The van der Waals surface area contributed by atoms with Crippen LogP contribution in [0.25, 0.3) is 0 Å². The largest absolute Gasteiger partial charge is 0.349 e. The van der Waals surface area contributed by atoms with E-state index in [2.05, 4.69) is 47.0 Å². The number of guanidine groups is 1. The standard InChI is InChI=1S/C15H20BrN7O.HI/c1-10-4-5-11(16)6-12(10)22-14(24)8-19-15(17-2)18-7-13-20-9-21-23(13)3;/h4-6,9H,7-8H2,1-3H3,(H,22,24)(H2,17,18,19);1H. The molecule has 1 aromatic carbocycles. The molecule has 2 rings (SSSR count). The number of halogens is 2. The van der Waals surface area contributed by atoms with Crippen LogP contribution in [-0.2, 0) is 18.4 Å².